The van der Waals surface area contributed by atoms with Crippen molar-refractivity contribution in [2.75, 3.05) is 13.1 Å². The summed E-state index contributed by atoms with van der Waals surface area (Å²) in [6.07, 6.45) is -0.706. The molecule has 84 valence electrons. The number of carboxylic acid groups (broad SMARTS) is 1. The van der Waals surface area contributed by atoms with Gasteiger partial charge in [0.15, 0.2) is 5.84 Å². The first-order chi connectivity index (χ1) is 6.81. The second-order valence-corrected chi connectivity index (χ2v) is 4.12. The van der Waals surface area contributed by atoms with Gasteiger partial charge in [-0.3, -0.25) is 9.89 Å². The zero-order valence-corrected chi connectivity index (χ0v) is 8.94. The lowest BCUT2D eigenvalue weighted by Crippen LogP contribution is -2.46. The van der Waals surface area contributed by atoms with Crippen molar-refractivity contribution < 1.29 is 19.4 Å². The van der Waals surface area contributed by atoms with E-state index in [9.17, 15) is 14.7 Å². The van der Waals surface area contributed by atoms with Gasteiger partial charge in [-0.15, -0.1) is 0 Å². The van der Waals surface area contributed by atoms with Crippen LogP contribution in [0.3, 0.4) is 0 Å². The van der Waals surface area contributed by atoms with E-state index in [-0.39, 0.29) is 18.9 Å². The molecule has 0 bridgehead atoms. The number of aliphatic carboxylic acids is 1. The Labute approximate surface area is 87.5 Å². The molecule has 0 atom stereocenters. The van der Waals surface area contributed by atoms with Crippen molar-refractivity contribution in [3.05, 3.63) is 0 Å². The number of ether oxygens (including phenoxy) is 1. The van der Waals surface area contributed by atoms with Crippen LogP contribution in [-0.4, -0.2) is 41.5 Å². The summed E-state index contributed by atoms with van der Waals surface area (Å²) in [6.45, 7) is 5.60. The molecule has 0 aromatic carbocycles. The summed E-state index contributed by atoms with van der Waals surface area (Å²) in [5.74, 6) is -1.82. The molecule has 0 radical (unpaired) electrons. The first kappa shape index (κ1) is 11.5. The van der Waals surface area contributed by atoms with Gasteiger partial charge in [0.2, 0.25) is 0 Å². The lowest BCUT2D eigenvalue weighted by atomic mass is 10.2. The van der Waals surface area contributed by atoms with E-state index < -0.39 is 17.7 Å². The Kier molecular flexibility index (Phi) is 2.97. The average molecular weight is 213 g/mol. The Hall–Kier alpha value is -1.59. The summed E-state index contributed by atoms with van der Waals surface area (Å²) < 4.78 is 5.02. The van der Waals surface area contributed by atoms with Crippen LogP contribution in [0.15, 0.2) is 4.99 Å². The lowest BCUT2D eigenvalue weighted by Gasteiger charge is -2.25. The normalized spacial score (nSPS) is 16.2. The zero-order valence-electron chi connectivity index (χ0n) is 8.94. The van der Waals surface area contributed by atoms with Gasteiger partial charge in [0.1, 0.15) is 11.6 Å². The number of carbonyl (C=O) groups excluding carboxylic acids is 2. The summed E-state index contributed by atoms with van der Waals surface area (Å²) in [5.41, 5.74) is -0.656. The number of amidine groups is 1. The third-order valence-electron chi connectivity index (χ3n) is 1.64. The molecule has 1 aliphatic heterocycles. The number of nitrogens with zero attached hydrogens (tertiary/aromatic N) is 2. The molecule has 0 aliphatic carbocycles. The van der Waals surface area contributed by atoms with Gasteiger partial charge in [0.25, 0.3) is 0 Å². The summed E-state index contributed by atoms with van der Waals surface area (Å²) >= 11 is 0. The first-order valence-electron chi connectivity index (χ1n) is 4.57. The fourth-order valence-corrected chi connectivity index (χ4v) is 1.12. The maximum atomic E-state index is 11.5. The number of carboxylic acids is 1. The van der Waals surface area contributed by atoms with Crippen LogP contribution in [0.2, 0.25) is 0 Å². The van der Waals surface area contributed by atoms with Crippen LogP contribution in [0, 0.1) is 0 Å². The molecule has 6 nitrogen and oxygen atoms in total. The average Bonchev–Trinajstić information content (AvgIpc) is 2.47. The molecule has 0 unspecified atom stereocenters. The number of amides is 1. The molecule has 15 heavy (non-hydrogen) atoms. The Morgan fingerprint density at radius 3 is 2.53 bits per heavy atom. The van der Waals surface area contributed by atoms with Crippen LogP contribution in [0.5, 0.6) is 0 Å². The zero-order chi connectivity index (χ0) is 11.6. The highest BCUT2D eigenvalue weighted by molar-refractivity contribution is 6.36. The number of hydrogen-bond donors (Lipinski definition) is 0. The monoisotopic (exact) mass is 213 g/mol. The molecule has 0 saturated carbocycles. The van der Waals surface area contributed by atoms with Crippen LogP contribution in [0.25, 0.3) is 0 Å². The predicted molar refractivity (Wildman–Crippen MR) is 50.2 cm³/mol. The molecular weight excluding hydrogens is 200 g/mol. The molecule has 0 spiro atoms. The van der Waals surface area contributed by atoms with Gasteiger partial charge in [0.05, 0.1) is 13.1 Å². The van der Waals surface area contributed by atoms with Crippen LogP contribution in [-0.2, 0) is 9.53 Å². The predicted octanol–water partition coefficient (Wildman–Crippen LogP) is -0.614. The van der Waals surface area contributed by atoms with Gasteiger partial charge in [-0.25, -0.2) is 4.79 Å². The van der Waals surface area contributed by atoms with Crippen molar-refractivity contribution in [3.8, 4) is 0 Å². The highest BCUT2D eigenvalue weighted by atomic mass is 16.6. The summed E-state index contributed by atoms with van der Waals surface area (Å²) in [4.78, 5) is 26.7. The van der Waals surface area contributed by atoms with E-state index in [1.54, 1.807) is 20.8 Å². The third kappa shape index (κ3) is 2.93. The highest BCUT2D eigenvalue weighted by Crippen LogP contribution is 2.12. The Morgan fingerprint density at radius 2 is 2.07 bits per heavy atom. The van der Waals surface area contributed by atoms with Crippen molar-refractivity contribution in [2.24, 2.45) is 4.99 Å². The number of carbonyl (C=O) groups is 2. The maximum Gasteiger partial charge on any atom is 0.416 e. The van der Waals surface area contributed by atoms with Crippen LogP contribution in [0.1, 0.15) is 20.8 Å². The second-order valence-electron chi connectivity index (χ2n) is 4.12. The fourth-order valence-electron chi connectivity index (χ4n) is 1.12. The molecule has 1 aliphatic rings. The smallest absolute Gasteiger partial charge is 0.416 e. The van der Waals surface area contributed by atoms with E-state index >= 15 is 0 Å². The van der Waals surface area contributed by atoms with Gasteiger partial charge < -0.3 is 14.6 Å². The van der Waals surface area contributed by atoms with E-state index in [0.717, 1.165) is 4.90 Å². The standard InChI is InChI=1S/C9H14N2O4/c1-9(2,3)15-8(14)11-5-4-10-6(11)7(12)13/h4-5H2,1-3H3,(H,12,13)/p-1. The van der Waals surface area contributed by atoms with Gasteiger partial charge in [-0.1, -0.05) is 0 Å². The molecular formula is C9H13N2O4-. The minimum absolute atomic E-state index is 0.220. The summed E-state index contributed by atoms with van der Waals surface area (Å²) in [6, 6.07) is 0. The summed E-state index contributed by atoms with van der Waals surface area (Å²) in [7, 11) is 0. The maximum absolute atomic E-state index is 11.5. The van der Waals surface area contributed by atoms with E-state index in [1.807, 2.05) is 0 Å². The van der Waals surface area contributed by atoms with Crippen LogP contribution in [0.4, 0.5) is 4.79 Å². The van der Waals surface area contributed by atoms with Crippen LogP contribution < -0.4 is 5.11 Å². The van der Waals surface area contributed by atoms with Crippen molar-refractivity contribution in [2.45, 2.75) is 26.4 Å². The molecule has 0 N–H and O–H groups in total. The molecule has 1 heterocycles. The van der Waals surface area contributed by atoms with E-state index in [4.69, 9.17) is 4.74 Å². The number of hydrogen-bond acceptors (Lipinski definition) is 5. The molecule has 0 aromatic heterocycles. The minimum atomic E-state index is -1.46. The topological polar surface area (TPSA) is 82.0 Å². The molecule has 0 aromatic rings. The molecule has 0 saturated heterocycles. The molecule has 1 rings (SSSR count). The first-order valence-corrected chi connectivity index (χ1v) is 4.57. The minimum Gasteiger partial charge on any atom is -0.542 e. The van der Waals surface area contributed by atoms with Gasteiger partial charge in [-0.05, 0) is 20.8 Å². The highest BCUT2D eigenvalue weighted by Gasteiger charge is 2.28. The Morgan fingerprint density at radius 1 is 1.47 bits per heavy atom. The van der Waals surface area contributed by atoms with E-state index in [0.29, 0.717) is 0 Å². The van der Waals surface area contributed by atoms with Gasteiger partial charge in [0, 0.05) is 0 Å². The summed E-state index contributed by atoms with van der Waals surface area (Å²) in [5, 5.41) is 10.6. The number of aliphatic imine (C=N–C) groups is 1. The largest absolute Gasteiger partial charge is 0.542 e. The second kappa shape index (κ2) is 3.88. The number of rotatable bonds is 1. The van der Waals surface area contributed by atoms with Crippen molar-refractivity contribution in [1.29, 1.82) is 0 Å². The van der Waals surface area contributed by atoms with Crippen molar-refractivity contribution >= 4 is 17.9 Å². The van der Waals surface area contributed by atoms with Crippen LogP contribution >= 0.6 is 0 Å². The lowest BCUT2D eigenvalue weighted by molar-refractivity contribution is -0.294. The molecule has 1 amide bonds. The van der Waals surface area contributed by atoms with Gasteiger partial charge >= 0.3 is 6.09 Å². The van der Waals surface area contributed by atoms with E-state index in [1.165, 1.54) is 0 Å². The molecule has 0 fully saturated rings. The van der Waals surface area contributed by atoms with E-state index in [2.05, 4.69) is 4.99 Å². The van der Waals surface area contributed by atoms with Crippen molar-refractivity contribution in [3.63, 3.8) is 0 Å². The Balaban J connectivity index is 2.69. The molecule has 6 heteroatoms. The third-order valence-corrected chi connectivity index (χ3v) is 1.64. The fraction of sp³-hybridized carbons (Fsp3) is 0.667. The van der Waals surface area contributed by atoms with Gasteiger partial charge in [-0.2, -0.15) is 0 Å². The SMILES string of the molecule is CC(C)(C)OC(=O)N1CCN=C1C(=O)[O-]. The van der Waals surface area contributed by atoms with Crippen molar-refractivity contribution in [1.82, 2.24) is 4.90 Å². The quantitative estimate of drug-likeness (QED) is 0.581. The Bertz CT molecular complexity index is 317.